The van der Waals surface area contributed by atoms with Crippen LogP contribution in [0.2, 0.25) is 0 Å². The van der Waals surface area contributed by atoms with Gasteiger partial charge >= 0.3 is 0 Å². The fourth-order valence-electron chi connectivity index (χ4n) is 2.62. The molecule has 1 aromatic carbocycles. The number of ether oxygens (including phenoxy) is 1. The lowest BCUT2D eigenvalue weighted by atomic mass is 10.0. The smallest absolute Gasteiger partial charge is 0.224 e. The molecule has 0 bridgehead atoms. The molecule has 5 nitrogen and oxygen atoms in total. The standard InChI is InChI=1S/C15H21NO4S/c1-10-7-14(20-3)11(2)6-12(10)8-15(17)16-13-4-5-21(18,19)9-13/h6-7,13H,4-5,8-9H2,1-3H3,(H,16,17). The molecule has 1 heterocycles. The Bertz CT molecular complexity index is 652. The Morgan fingerprint density at radius 3 is 2.62 bits per heavy atom. The number of aryl methyl sites for hydroxylation is 2. The highest BCUT2D eigenvalue weighted by molar-refractivity contribution is 7.91. The molecule has 0 aromatic heterocycles. The monoisotopic (exact) mass is 311 g/mol. The summed E-state index contributed by atoms with van der Waals surface area (Å²) in [5.41, 5.74) is 2.91. The lowest BCUT2D eigenvalue weighted by Crippen LogP contribution is -2.36. The van der Waals surface area contributed by atoms with Crippen molar-refractivity contribution in [3.63, 3.8) is 0 Å². The van der Waals surface area contributed by atoms with E-state index in [4.69, 9.17) is 4.74 Å². The van der Waals surface area contributed by atoms with E-state index in [1.54, 1.807) is 7.11 Å². The zero-order chi connectivity index (χ0) is 15.6. The number of amides is 1. The molecule has 0 saturated carbocycles. The lowest BCUT2D eigenvalue weighted by Gasteiger charge is -2.14. The number of carbonyl (C=O) groups excluding carboxylic acids is 1. The van der Waals surface area contributed by atoms with Crippen LogP contribution in [0.4, 0.5) is 0 Å². The van der Waals surface area contributed by atoms with Gasteiger partial charge in [-0.15, -0.1) is 0 Å². The Labute approximate surface area is 125 Å². The van der Waals surface area contributed by atoms with Gasteiger partial charge in [0.25, 0.3) is 0 Å². The quantitative estimate of drug-likeness (QED) is 0.905. The van der Waals surface area contributed by atoms with Crippen LogP contribution < -0.4 is 10.1 Å². The van der Waals surface area contributed by atoms with Gasteiger partial charge in [0.2, 0.25) is 5.91 Å². The van der Waals surface area contributed by atoms with Gasteiger partial charge in [0, 0.05) is 6.04 Å². The Kier molecular flexibility index (Phi) is 4.56. The molecule has 116 valence electrons. The van der Waals surface area contributed by atoms with Crippen LogP contribution in [0.1, 0.15) is 23.1 Å². The van der Waals surface area contributed by atoms with Crippen molar-refractivity contribution in [1.29, 1.82) is 0 Å². The summed E-state index contributed by atoms with van der Waals surface area (Å²) >= 11 is 0. The van der Waals surface area contributed by atoms with Gasteiger partial charge in [-0.3, -0.25) is 4.79 Å². The second-order valence-corrected chi connectivity index (χ2v) is 7.82. The Hall–Kier alpha value is -1.56. The minimum absolute atomic E-state index is 0.0549. The van der Waals surface area contributed by atoms with E-state index in [0.29, 0.717) is 6.42 Å². The molecule has 1 unspecified atom stereocenters. The number of hydrogen-bond donors (Lipinski definition) is 1. The minimum atomic E-state index is -2.97. The van der Waals surface area contributed by atoms with Crippen LogP contribution in [0.5, 0.6) is 5.75 Å². The van der Waals surface area contributed by atoms with Gasteiger partial charge in [-0.05, 0) is 43.0 Å². The molecule has 1 N–H and O–H groups in total. The minimum Gasteiger partial charge on any atom is -0.496 e. The highest BCUT2D eigenvalue weighted by atomic mass is 32.2. The SMILES string of the molecule is COc1cc(C)c(CC(=O)NC2CCS(=O)(=O)C2)cc1C. The van der Waals surface area contributed by atoms with E-state index < -0.39 is 9.84 Å². The summed E-state index contributed by atoms with van der Waals surface area (Å²) in [4.78, 5) is 12.1. The van der Waals surface area contributed by atoms with Crippen molar-refractivity contribution >= 4 is 15.7 Å². The summed E-state index contributed by atoms with van der Waals surface area (Å²) in [6.45, 7) is 3.87. The number of hydrogen-bond acceptors (Lipinski definition) is 4. The summed E-state index contributed by atoms with van der Waals surface area (Å²) in [6.07, 6.45) is 0.766. The highest BCUT2D eigenvalue weighted by Crippen LogP contribution is 2.23. The van der Waals surface area contributed by atoms with E-state index in [1.165, 1.54) is 0 Å². The first-order chi connectivity index (χ1) is 9.80. The number of nitrogens with one attached hydrogen (secondary N) is 1. The predicted octanol–water partition coefficient (Wildman–Crippen LogP) is 1.16. The van der Waals surface area contributed by atoms with Crippen molar-refractivity contribution in [2.45, 2.75) is 32.7 Å². The van der Waals surface area contributed by atoms with Gasteiger partial charge in [-0.1, -0.05) is 6.07 Å². The number of rotatable bonds is 4. The summed E-state index contributed by atoms with van der Waals surface area (Å²) in [5, 5.41) is 2.81. The predicted molar refractivity (Wildman–Crippen MR) is 81.4 cm³/mol. The van der Waals surface area contributed by atoms with Crippen molar-refractivity contribution < 1.29 is 17.9 Å². The van der Waals surface area contributed by atoms with Crippen molar-refractivity contribution in [1.82, 2.24) is 5.32 Å². The van der Waals surface area contributed by atoms with Crippen LogP contribution in [0.3, 0.4) is 0 Å². The Morgan fingerprint density at radius 2 is 2.05 bits per heavy atom. The molecule has 21 heavy (non-hydrogen) atoms. The third kappa shape index (κ3) is 3.97. The van der Waals surface area contributed by atoms with E-state index >= 15 is 0 Å². The van der Waals surface area contributed by atoms with E-state index in [0.717, 1.165) is 22.4 Å². The molecule has 6 heteroatoms. The third-order valence-corrected chi connectivity index (χ3v) is 5.57. The molecule has 1 aromatic rings. The fraction of sp³-hybridized carbons (Fsp3) is 0.533. The Morgan fingerprint density at radius 1 is 1.33 bits per heavy atom. The van der Waals surface area contributed by atoms with E-state index in [2.05, 4.69) is 5.32 Å². The van der Waals surface area contributed by atoms with Crippen molar-refractivity contribution in [3.05, 3.63) is 28.8 Å². The molecule has 0 spiro atoms. The van der Waals surface area contributed by atoms with E-state index in [1.807, 2.05) is 26.0 Å². The second kappa shape index (κ2) is 6.05. The third-order valence-electron chi connectivity index (χ3n) is 3.80. The average molecular weight is 311 g/mol. The van der Waals surface area contributed by atoms with Crippen LogP contribution in [0, 0.1) is 13.8 Å². The molecule has 1 aliphatic heterocycles. The van der Waals surface area contributed by atoms with E-state index in [9.17, 15) is 13.2 Å². The van der Waals surface area contributed by atoms with Gasteiger partial charge in [-0.25, -0.2) is 8.42 Å². The summed E-state index contributed by atoms with van der Waals surface area (Å²) < 4.78 is 28.0. The van der Waals surface area contributed by atoms with Gasteiger partial charge in [0.05, 0.1) is 25.0 Å². The van der Waals surface area contributed by atoms with Gasteiger partial charge in [-0.2, -0.15) is 0 Å². The molecule has 2 rings (SSSR count). The maximum atomic E-state index is 12.1. The topological polar surface area (TPSA) is 72.5 Å². The van der Waals surface area contributed by atoms with Crippen molar-refractivity contribution in [2.24, 2.45) is 0 Å². The van der Waals surface area contributed by atoms with Crippen LogP contribution in [-0.4, -0.2) is 39.0 Å². The number of methoxy groups -OCH3 is 1. The molecular formula is C15H21NO4S. The largest absolute Gasteiger partial charge is 0.496 e. The molecule has 1 aliphatic rings. The van der Waals surface area contributed by atoms with Crippen LogP contribution in [0.25, 0.3) is 0 Å². The van der Waals surface area contributed by atoms with Crippen molar-refractivity contribution in [2.75, 3.05) is 18.6 Å². The van der Waals surface area contributed by atoms with Crippen LogP contribution >= 0.6 is 0 Å². The molecular weight excluding hydrogens is 290 g/mol. The number of sulfone groups is 1. The zero-order valence-corrected chi connectivity index (χ0v) is 13.4. The summed E-state index contributed by atoms with van der Waals surface area (Å²) in [7, 11) is -1.35. The summed E-state index contributed by atoms with van der Waals surface area (Å²) in [5.74, 6) is 0.890. The molecule has 0 radical (unpaired) electrons. The molecule has 0 aliphatic carbocycles. The van der Waals surface area contributed by atoms with Crippen molar-refractivity contribution in [3.8, 4) is 5.75 Å². The normalized spacial score (nSPS) is 20.2. The molecule has 1 amide bonds. The van der Waals surface area contributed by atoms with E-state index in [-0.39, 0.29) is 29.9 Å². The van der Waals surface area contributed by atoms with Crippen LogP contribution in [0.15, 0.2) is 12.1 Å². The maximum absolute atomic E-state index is 12.1. The second-order valence-electron chi connectivity index (χ2n) is 5.59. The van der Waals surface area contributed by atoms with Crippen LogP contribution in [-0.2, 0) is 21.1 Å². The van der Waals surface area contributed by atoms with Gasteiger partial charge < -0.3 is 10.1 Å². The number of carbonyl (C=O) groups is 1. The lowest BCUT2D eigenvalue weighted by molar-refractivity contribution is -0.121. The first kappa shape index (κ1) is 15.8. The average Bonchev–Trinajstić information content (AvgIpc) is 2.72. The molecule has 1 saturated heterocycles. The van der Waals surface area contributed by atoms with Gasteiger partial charge in [0.1, 0.15) is 5.75 Å². The fourth-order valence-corrected chi connectivity index (χ4v) is 4.29. The zero-order valence-electron chi connectivity index (χ0n) is 12.6. The maximum Gasteiger partial charge on any atom is 0.224 e. The number of benzene rings is 1. The summed E-state index contributed by atoms with van der Waals surface area (Å²) in [6, 6.07) is 3.61. The van der Waals surface area contributed by atoms with Gasteiger partial charge in [0.15, 0.2) is 9.84 Å². The first-order valence-electron chi connectivity index (χ1n) is 6.94. The highest BCUT2D eigenvalue weighted by Gasteiger charge is 2.28. The first-order valence-corrected chi connectivity index (χ1v) is 8.77. The molecule has 1 atom stereocenters. The molecule has 1 fully saturated rings. The Balaban J connectivity index is 2.02.